The lowest BCUT2D eigenvalue weighted by Gasteiger charge is -2.22. The molecule has 1 aromatic rings. The molecule has 1 fully saturated rings. The van der Waals surface area contributed by atoms with Crippen LogP contribution < -0.4 is 10.1 Å². The van der Waals surface area contributed by atoms with Gasteiger partial charge in [0.2, 0.25) is 0 Å². The summed E-state index contributed by atoms with van der Waals surface area (Å²) in [5.74, 6) is -0.139. The number of benzene rings is 1. The van der Waals surface area contributed by atoms with Gasteiger partial charge in [0, 0.05) is 17.6 Å². The number of carboxylic acid groups (broad SMARTS) is 1. The number of carbonyl (C=O) groups is 2. The van der Waals surface area contributed by atoms with Gasteiger partial charge in [-0.1, -0.05) is 22.0 Å². The third-order valence-electron chi connectivity index (χ3n) is 3.95. The number of nitrogens with one attached hydrogen (secondary N) is 1. The average Bonchev–Trinajstić information content (AvgIpc) is 2.89. The van der Waals surface area contributed by atoms with Crippen molar-refractivity contribution in [3.63, 3.8) is 0 Å². The van der Waals surface area contributed by atoms with Crippen LogP contribution in [0.15, 0.2) is 28.7 Å². The van der Waals surface area contributed by atoms with Gasteiger partial charge in [0.05, 0.1) is 12.0 Å². The third kappa shape index (κ3) is 4.60. The number of aliphatic carboxylic acids is 1. The number of amides is 2. The Kier molecular flexibility index (Phi) is 5.51. The molecule has 2 unspecified atom stereocenters. The fourth-order valence-corrected chi connectivity index (χ4v) is 2.84. The van der Waals surface area contributed by atoms with Crippen LogP contribution in [-0.2, 0) is 4.79 Å². The van der Waals surface area contributed by atoms with Crippen LogP contribution >= 0.6 is 15.9 Å². The Morgan fingerprint density at radius 3 is 2.87 bits per heavy atom. The molecule has 126 valence electrons. The van der Waals surface area contributed by atoms with Crippen molar-refractivity contribution in [1.82, 2.24) is 10.2 Å². The van der Waals surface area contributed by atoms with Crippen molar-refractivity contribution in [2.24, 2.45) is 5.41 Å². The summed E-state index contributed by atoms with van der Waals surface area (Å²) in [5, 5.41) is 12.0. The van der Waals surface area contributed by atoms with Crippen molar-refractivity contribution >= 4 is 27.9 Å². The summed E-state index contributed by atoms with van der Waals surface area (Å²) in [4.78, 5) is 24.9. The first-order valence-corrected chi connectivity index (χ1v) is 8.28. The topological polar surface area (TPSA) is 78.9 Å². The highest BCUT2D eigenvalue weighted by Gasteiger charge is 2.42. The molecule has 0 bridgehead atoms. The van der Waals surface area contributed by atoms with Gasteiger partial charge in [0.1, 0.15) is 11.9 Å². The molecule has 1 heterocycles. The molecule has 1 aliphatic rings. The van der Waals surface area contributed by atoms with E-state index in [1.165, 1.54) is 0 Å². The van der Waals surface area contributed by atoms with Gasteiger partial charge in [-0.25, -0.2) is 4.79 Å². The summed E-state index contributed by atoms with van der Waals surface area (Å²) in [6.45, 7) is 4.57. The minimum atomic E-state index is -0.862. The molecule has 0 spiro atoms. The van der Waals surface area contributed by atoms with Crippen molar-refractivity contribution in [3.8, 4) is 5.75 Å². The van der Waals surface area contributed by atoms with Crippen LogP contribution in [0.2, 0.25) is 0 Å². The Bertz CT molecular complexity index is 595. The molecule has 6 nitrogen and oxygen atoms in total. The molecule has 0 saturated carbocycles. The maximum absolute atomic E-state index is 12.1. The van der Waals surface area contributed by atoms with E-state index in [1.54, 1.807) is 11.8 Å². The number of ether oxygens (including phenoxy) is 1. The second-order valence-corrected chi connectivity index (χ2v) is 7.02. The lowest BCUT2D eigenvalue weighted by atomic mass is 9.90. The summed E-state index contributed by atoms with van der Waals surface area (Å²) in [7, 11) is 0. The second kappa shape index (κ2) is 7.21. The van der Waals surface area contributed by atoms with Gasteiger partial charge in [-0.3, -0.25) is 4.79 Å². The Morgan fingerprint density at radius 2 is 2.26 bits per heavy atom. The Hall–Kier alpha value is -1.76. The second-order valence-electron chi connectivity index (χ2n) is 6.11. The molecule has 1 aliphatic heterocycles. The van der Waals surface area contributed by atoms with Crippen LogP contribution in [-0.4, -0.2) is 47.7 Å². The van der Waals surface area contributed by atoms with Gasteiger partial charge in [-0.15, -0.1) is 0 Å². The van der Waals surface area contributed by atoms with Crippen molar-refractivity contribution in [3.05, 3.63) is 28.7 Å². The average molecular weight is 385 g/mol. The predicted molar refractivity (Wildman–Crippen MR) is 89.6 cm³/mol. The molecule has 2 rings (SSSR count). The van der Waals surface area contributed by atoms with Crippen LogP contribution in [0.4, 0.5) is 4.79 Å². The van der Waals surface area contributed by atoms with E-state index in [0.717, 1.165) is 10.2 Å². The third-order valence-corrected chi connectivity index (χ3v) is 4.44. The molecular weight excluding hydrogens is 364 g/mol. The van der Waals surface area contributed by atoms with Gasteiger partial charge in [-0.05, 0) is 38.5 Å². The van der Waals surface area contributed by atoms with E-state index in [0.29, 0.717) is 19.5 Å². The highest BCUT2D eigenvalue weighted by Crippen LogP contribution is 2.29. The molecule has 1 saturated heterocycles. The van der Waals surface area contributed by atoms with Crippen LogP contribution in [0, 0.1) is 5.41 Å². The van der Waals surface area contributed by atoms with E-state index >= 15 is 0 Å². The lowest BCUT2D eigenvalue weighted by Crippen LogP contribution is -2.43. The monoisotopic (exact) mass is 384 g/mol. The molecule has 2 amide bonds. The first-order valence-electron chi connectivity index (χ1n) is 7.48. The number of urea groups is 1. The van der Waals surface area contributed by atoms with Gasteiger partial charge in [0.25, 0.3) is 0 Å². The van der Waals surface area contributed by atoms with Crippen LogP contribution in [0.3, 0.4) is 0 Å². The standard InChI is InChI=1S/C16H21BrN2O4/c1-11(23-13-5-3-4-12(17)8-13)9-18-15(22)19-7-6-16(2,10-19)14(20)21/h3-5,8,11H,6-7,9-10H2,1-2H3,(H,18,22)(H,20,21). The molecule has 0 aromatic heterocycles. The first-order chi connectivity index (χ1) is 10.8. The normalized spacial score (nSPS) is 21.8. The molecule has 0 radical (unpaired) electrons. The highest BCUT2D eigenvalue weighted by atomic mass is 79.9. The van der Waals surface area contributed by atoms with Gasteiger partial charge >= 0.3 is 12.0 Å². The van der Waals surface area contributed by atoms with E-state index in [-0.39, 0.29) is 18.7 Å². The maximum Gasteiger partial charge on any atom is 0.317 e. The smallest absolute Gasteiger partial charge is 0.317 e. The van der Waals surface area contributed by atoms with E-state index in [2.05, 4.69) is 21.2 Å². The van der Waals surface area contributed by atoms with E-state index < -0.39 is 11.4 Å². The first kappa shape index (κ1) is 17.6. The van der Waals surface area contributed by atoms with Gasteiger partial charge < -0.3 is 20.1 Å². The van der Waals surface area contributed by atoms with Crippen molar-refractivity contribution in [2.45, 2.75) is 26.4 Å². The molecule has 2 atom stereocenters. The van der Waals surface area contributed by atoms with E-state index in [1.807, 2.05) is 31.2 Å². The van der Waals surface area contributed by atoms with E-state index in [4.69, 9.17) is 4.74 Å². The predicted octanol–water partition coefficient (Wildman–Crippen LogP) is 2.72. The summed E-state index contributed by atoms with van der Waals surface area (Å²) in [6.07, 6.45) is 0.279. The zero-order valence-corrected chi connectivity index (χ0v) is 14.8. The summed E-state index contributed by atoms with van der Waals surface area (Å²) in [6, 6.07) is 7.24. The highest BCUT2D eigenvalue weighted by molar-refractivity contribution is 9.10. The van der Waals surface area contributed by atoms with Crippen molar-refractivity contribution < 1.29 is 19.4 Å². The summed E-state index contributed by atoms with van der Waals surface area (Å²) >= 11 is 3.38. The molecule has 23 heavy (non-hydrogen) atoms. The maximum atomic E-state index is 12.1. The number of hydrogen-bond donors (Lipinski definition) is 2. The largest absolute Gasteiger partial charge is 0.489 e. The Balaban J connectivity index is 1.79. The fourth-order valence-electron chi connectivity index (χ4n) is 2.47. The van der Waals surface area contributed by atoms with Crippen LogP contribution in [0.25, 0.3) is 0 Å². The Morgan fingerprint density at radius 1 is 1.52 bits per heavy atom. The number of likely N-dealkylation sites (tertiary alicyclic amines) is 1. The zero-order valence-electron chi connectivity index (χ0n) is 13.2. The number of carboxylic acids is 1. The number of nitrogens with zero attached hydrogens (tertiary/aromatic N) is 1. The van der Waals surface area contributed by atoms with Gasteiger partial charge in [0.15, 0.2) is 0 Å². The van der Waals surface area contributed by atoms with Crippen LogP contribution in [0.5, 0.6) is 5.75 Å². The zero-order chi connectivity index (χ0) is 17.0. The van der Waals surface area contributed by atoms with Gasteiger partial charge in [-0.2, -0.15) is 0 Å². The van der Waals surface area contributed by atoms with Crippen LogP contribution in [0.1, 0.15) is 20.3 Å². The van der Waals surface area contributed by atoms with E-state index in [9.17, 15) is 14.7 Å². The number of hydrogen-bond acceptors (Lipinski definition) is 3. The number of halogens is 1. The SMILES string of the molecule is CC(CNC(=O)N1CCC(C)(C(=O)O)C1)Oc1cccc(Br)c1. The molecule has 0 aliphatic carbocycles. The van der Waals surface area contributed by atoms with Crippen molar-refractivity contribution in [2.75, 3.05) is 19.6 Å². The minimum absolute atomic E-state index is 0.193. The quantitative estimate of drug-likeness (QED) is 0.817. The summed E-state index contributed by atoms with van der Waals surface area (Å²) in [5.41, 5.74) is -0.851. The van der Waals surface area contributed by atoms with Crippen molar-refractivity contribution in [1.29, 1.82) is 0 Å². The molecule has 1 aromatic carbocycles. The summed E-state index contributed by atoms with van der Waals surface area (Å²) < 4.78 is 6.66. The molecule has 2 N–H and O–H groups in total. The molecular formula is C16H21BrN2O4. The molecule has 7 heteroatoms. The lowest BCUT2D eigenvalue weighted by molar-refractivity contribution is -0.147. The number of rotatable bonds is 5. The fraction of sp³-hybridized carbons (Fsp3) is 0.500. The number of carbonyl (C=O) groups excluding carboxylic acids is 1. The Labute approximate surface area is 143 Å². The minimum Gasteiger partial charge on any atom is -0.489 e.